The van der Waals surface area contributed by atoms with Crippen molar-refractivity contribution >= 4 is 17.6 Å². The zero-order chi connectivity index (χ0) is 17.9. The third-order valence-corrected chi connectivity index (χ3v) is 3.76. The topological polar surface area (TPSA) is 54.9 Å². The Balaban J connectivity index is 1.81. The molecule has 25 heavy (non-hydrogen) atoms. The highest BCUT2D eigenvalue weighted by Gasteiger charge is 2.01. The standard InChI is InChI=1S/C19H24ClN3O2/c1-21-19(22-13-15-6-8-17(20)9-7-15)23-14-16-4-3-5-18(12-16)25-11-10-24-2/h3-9,12H,10-11,13-14H2,1-2H3,(H2,21,22,23). The normalized spacial score (nSPS) is 11.2. The first kappa shape index (κ1) is 19.1. The van der Waals surface area contributed by atoms with Crippen molar-refractivity contribution in [3.63, 3.8) is 0 Å². The molecule has 0 atom stereocenters. The maximum atomic E-state index is 5.90. The molecule has 2 N–H and O–H groups in total. The Hall–Kier alpha value is -2.24. The van der Waals surface area contributed by atoms with Gasteiger partial charge in [-0.15, -0.1) is 0 Å². The predicted octanol–water partition coefficient (Wildman–Crippen LogP) is 3.23. The number of nitrogens with zero attached hydrogens (tertiary/aromatic N) is 1. The zero-order valence-corrected chi connectivity index (χ0v) is 15.3. The zero-order valence-electron chi connectivity index (χ0n) is 14.6. The van der Waals surface area contributed by atoms with E-state index in [0.29, 0.717) is 26.3 Å². The van der Waals surface area contributed by atoms with Crippen LogP contribution in [-0.2, 0) is 17.8 Å². The van der Waals surface area contributed by atoms with Gasteiger partial charge >= 0.3 is 0 Å². The summed E-state index contributed by atoms with van der Waals surface area (Å²) in [6.45, 7) is 2.44. The number of rotatable bonds is 8. The van der Waals surface area contributed by atoms with E-state index < -0.39 is 0 Å². The molecule has 0 aliphatic rings. The molecule has 0 spiro atoms. The van der Waals surface area contributed by atoms with Gasteiger partial charge in [-0.1, -0.05) is 35.9 Å². The van der Waals surface area contributed by atoms with E-state index in [1.165, 1.54) is 0 Å². The van der Waals surface area contributed by atoms with Crippen molar-refractivity contribution in [3.8, 4) is 5.75 Å². The minimum Gasteiger partial charge on any atom is -0.491 e. The molecular weight excluding hydrogens is 338 g/mol. The first-order chi connectivity index (χ1) is 12.2. The monoisotopic (exact) mass is 361 g/mol. The first-order valence-corrected chi connectivity index (χ1v) is 8.48. The number of ether oxygens (including phenoxy) is 2. The quantitative estimate of drug-likeness (QED) is 0.430. The molecule has 0 aliphatic heterocycles. The van der Waals surface area contributed by atoms with Crippen LogP contribution < -0.4 is 15.4 Å². The van der Waals surface area contributed by atoms with Gasteiger partial charge in [0.2, 0.25) is 0 Å². The summed E-state index contributed by atoms with van der Waals surface area (Å²) in [5.74, 6) is 1.57. The number of hydrogen-bond acceptors (Lipinski definition) is 3. The molecule has 2 aromatic carbocycles. The SMILES string of the molecule is CN=C(NCc1ccc(Cl)cc1)NCc1cccc(OCCOC)c1. The van der Waals surface area contributed by atoms with Crippen molar-refractivity contribution in [2.45, 2.75) is 13.1 Å². The van der Waals surface area contributed by atoms with Crippen LogP contribution in [-0.4, -0.2) is 33.3 Å². The molecule has 0 amide bonds. The maximum Gasteiger partial charge on any atom is 0.191 e. The largest absolute Gasteiger partial charge is 0.491 e. The predicted molar refractivity (Wildman–Crippen MR) is 102 cm³/mol. The number of benzene rings is 2. The molecule has 0 aromatic heterocycles. The van der Waals surface area contributed by atoms with Crippen molar-refractivity contribution in [2.24, 2.45) is 4.99 Å². The molecule has 6 heteroatoms. The van der Waals surface area contributed by atoms with Gasteiger partial charge in [-0.25, -0.2) is 0 Å². The van der Waals surface area contributed by atoms with Gasteiger partial charge in [-0.3, -0.25) is 4.99 Å². The summed E-state index contributed by atoms with van der Waals surface area (Å²) in [6.07, 6.45) is 0. The summed E-state index contributed by atoms with van der Waals surface area (Å²) >= 11 is 5.90. The number of methoxy groups -OCH3 is 1. The lowest BCUT2D eigenvalue weighted by molar-refractivity contribution is 0.146. The second-order valence-corrected chi connectivity index (χ2v) is 5.83. The lowest BCUT2D eigenvalue weighted by atomic mass is 10.2. The molecule has 0 radical (unpaired) electrons. The highest BCUT2D eigenvalue weighted by molar-refractivity contribution is 6.30. The Morgan fingerprint density at radius 3 is 2.40 bits per heavy atom. The highest BCUT2D eigenvalue weighted by atomic mass is 35.5. The van der Waals surface area contributed by atoms with E-state index in [4.69, 9.17) is 21.1 Å². The summed E-state index contributed by atoms with van der Waals surface area (Å²) in [7, 11) is 3.41. The van der Waals surface area contributed by atoms with Gasteiger partial charge in [0, 0.05) is 32.3 Å². The number of aliphatic imine (C=N–C) groups is 1. The smallest absolute Gasteiger partial charge is 0.191 e. The van der Waals surface area contributed by atoms with Gasteiger partial charge in [0.25, 0.3) is 0 Å². The minimum absolute atomic E-state index is 0.539. The summed E-state index contributed by atoms with van der Waals surface area (Å²) < 4.78 is 10.6. The Morgan fingerprint density at radius 2 is 1.72 bits per heavy atom. The second-order valence-electron chi connectivity index (χ2n) is 5.39. The van der Waals surface area contributed by atoms with Crippen LogP contribution in [0.5, 0.6) is 5.75 Å². The first-order valence-electron chi connectivity index (χ1n) is 8.11. The van der Waals surface area contributed by atoms with Crippen LogP contribution in [0, 0.1) is 0 Å². The van der Waals surface area contributed by atoms with E-state index >= 15 is 0 Å². The Kier molecular flexibility index (Phi) is 8.09. The van der Waals surface area contributed by atoms with Crippen LogP contribution >= 0.6 is 11.6 Å². The molecule has 0 saturated carbocycles. The molecule has 0 unspecified atom stereocenters. The van der Waals surface area contributed by atoms with Crippen molar-refractivity contribution in [2.75, 3.05) is 27.4 Å². The third kappa shape index (κ3) is 7.03. The van der Waals surface area contributed by atoms with E-state index in [1.54, 1.807) is 14.2 Å². The second kappa shape index (κ2) is 10.6. The molecule has 2 rings (SSSR count). The van der Waals surface area contributed by atoms with Gasteiger partial charge in [0.15, 0.2) is 5.96 Å². The lowest BCUT2D eigenvalue weighted by Crippen LogP contribution is -2.36. The average Bonchev–Trinajstić information content (AvgIpc) is 2.64. The van der Waals surface area contributed by atoms with E-state index in [-0.39, 0.29) is 0 Å². The lowest BCUT2D eigenvalue weighted by Gasteiger charge is -2.13. The van der Waals surface area contributed by atoms with E-state index in [2.05, 4.69) is 15.6 Å². The minimum atomic E-state index is 0.539. The Bertz CT molecular complexity index is 675. The van der Waals surface area contributed by atoms with Gasteiger partial charge in [-0.05, 0) is 35.4 Å². The fourth-order valence-corrected chi connectivity index (χ4v) is 2.31. The number of halogens is 1. The van der Waals surface area contributed by atoms with Gasteiger partial charge in [-0.2, -0.15) is 0 Å². The fraction of sp³-hybridized carbons (Fsp3) is 0.316. The van der Waals surface area contributed by atoms with Crippen LogP contribution in [0.1, 0.15) is 11.1 Å². The van der Waals surface area contributed by atoms with Gasteiger partial charge in [0.05, 0.1) is 6.61 Å². The molecule has 2 aromatic rings. The average molecular weight is 362 g/mol. The third-order valence-electron chi connectivity index (χ3n) is 3.51. The Morgan fingerprint density at radius 1 is 1.00 bits per heavy atom. The molecule has 0 fully saturated rings. The van der Waals surface area contributed by atoms with Crippen molar-refractivity contribution in [3.05, 3.63) is 64.7 Å². The molecule has 0 bridgehead atoms. The van der Waals surface area contributed by atoms with Gasteiger partial charge < -0.3 is 20.1 Å². The van der Waals surface area contributed by atoms with E-state index in [0.717, 1.165) is 27.9 Å². The fourth-order valence-electron chi connectivity index (χ4n) is 2.18. The summed E-state index contributed by atoms with van der Waals surface area (Å²) in [5.41, 5.74) is 2.25. The number of hydrogen-bond donors (Lipinski definition) is 2. The van der Waals surface area contributed by atoms with Crippen LogP contribution in [0.2, 0.25) is 5.02 Å². The molecule has 0 saturated heterocycles. The molecule has 134 valence electrons. The molecule has 5 nitrogen and oxygen atoms in total. The summed E-state index contributed by atoms with van der Waals surface area (Å²) in [4.78, 5) is 4.24. The molecule has 0 heterocycles. The van der Waals surface area contributed by atoms with Crippen molar-refractivity contribution in [1.82, 2.24) is 10.6 Å². The van der Waals surface area contributed by atoms with E-state index in [1.807, 2.05) is 48.5 Å². The maximum absolute atomic E-state index is 5.90. The van der Waals surface area contributed by atoms with E-state index in [9.17, 15) is 0 Å². The highest BCUT2D eigenvalue weighted by Crippen LogP contribution is 2.13. The van der Waals surface area contributed by atoms with Crippen LogP contribution in [0.3, 0.4) is 0 Å². The molecular formula is C19H24ClN3O2. The number of nitrogens with one attached hydrogen (secondary N) is 2. The summed E-state index contributed by atoms with van der Waals surface area (Å²) in [5, 5.41) is 7.31. The van der Waals surface area contributed by atoms with Crippen LogP contribution in [0.15, 0.2) is 53.5 Å². The van der Waals surface area contributed by atoms with Crippen molar-refractivity contribution in [1.29, 1.82) is 0 Å². The van der Waals surface area contributed by atoms with Gasteiger partial charge in [0.1, 0.15) is 12.4 Å². The summed E-state index contributed by atoms with van der Waals surface area (Å²) in [6, 6.07) is 15.7. The molecule has 0 aliphatic carbocycles. The van der Waals surface area contributed by atoms with Crippen molar-refractivity contribution < 1.29 is 9.47 Å². The van der Waals surface area contributed by atoms with Crippen LogP contribution in [0.25, 0.3) is 0 Å². The number of guanidine groups is 1. The Labute approximate surface area is 154 Å². The van der Waals surface area contributed by atoms with Crippen LogP contribution in [0.4, 0.5) is 0 Å².